The molecule has 0 aromatic carbocycles. The van der Waals surface area contributed by atoms with Crippen molar-refractivity contribution in [3.8, 4) is 5.75 Å². The van der Waals surface area contributed by atoms with E-state index in [1.165, 1.54) is 18.3 Å². The highest BCUT2D eigenvalue weighted by molar-refractivity contribution is 6.02. The lowest BCUT2D eigenvalue weighted by Crippen LogP contribution is -2.58. The molecule has 2 heterocycles. The third-order valence-electron chi connectivity index (χ3n) is 6.99. The van der Waals surface area contributed by atoms with Gasteiger partial charge in [0.15, 0.2) is 5.78 Å². The van der Waals surface area contributed by atoms with E-state index in [1.54, 1.807) is 36.7 Å². The number of carbonyl (C=O) groups is 3. The van der Waals surface area contributed by atoms with Gasteiger partial charge in [0.2, 0.25) is 0 Å². The topological polar surface area (TPSA) is 145 Å². The summed E-state index contributed by atoms with van der Waals surface area (Å²) in [5.74, 6) is 0.0297. The molecule has 0 unspecified atom stereocenters. The summed E-state index contributed by atoms with van der Waals surface area (Å²) in [4.78, 5) is 36.2. The maximum atomic E-state index is 12.9. The van der Waals surface area contributed by atoms with Crippen LogP contribution in [0.25, 0.3) is 5.52 Å². The molecule has 4 N–H and O–H groups in total. The summed E-state index contributed by atoms with van der Waals surface area (Å²) in [5.41, 5.74) is 6.00. The number of hydrogen-bond donors (Lipinski definition) is 3. The number of aromatic nitrogens is 2. The first kappa shape index (κ1) is 24.1. The molecule has 0 aliphatic heterocycles. The van der Waals surface area contributed by atoms with Gasteiger partial charge in [-0.15, -0.1) is 0 Å². The quantitative estimate of drug-likeness (QED) is 0.507. The molecule has 2 saturated carbocycles. The molecule has 10 heteroatoms. The number of primary amides is 1. The van der Waals surface area contributed by atoms with Crippen LogP contribution in [0, 0.1) is 5.41 Å². The lowest BCUT2D eigenvalue weighted by atomic mass is 9.53. The standard InChI is InChI=1S/C26H30N4O6/c1-25(2,34)14-35-17-4-6-21-20(12-28-30(21)13-17)24(33)29-15-8-26(9-15)10-18(11-26)36-22-7-16(31)3-5-19(22)23(27)32/h3-6,12-13,15,18,34H,7-11,14H2,1-2H3,(H2,27,32)(H,29,33). The fourth-order valence-electron chi connectivity index (χ4n) is 5.27. The van der Waals surface area contributed by atoms with E-state index in [0.29, 0.717) is 22.6 Å². The maximum Gasteiger partial charge on any atom is 0.255 e. The molecule has 2 fully saturated rings. The van der Waals surface area contributed by atoms with Crippen LogP contribution in [0.5, 0.6) is 5.75 Å². The smallest absolute Gasteiger partial charge is 0.255 e. The van der Waals surface area contributed by atoms with Crippen molar-refractivity contribution in [2.45, 2.75) is 63.7 Å². The van der Waals surface area contributed by atoms with Crippen molar-refractivity contribution in [3.63, 3.8) is 0 Å². The van der Waals surface area contributed by atoms with Crippen LogP contribution in [0.4, 0.5) is 0 Å². The number of ether oxygens (including phenoxy) is 2. The Labute approximate surface area is 208 Å². The largest absolute Gasteiger partial charge is 0.493 e. The first-order valence-corrected chi connectivity index (χ1v) is 12.0. The van der Waals surface area contributed by atoms with Gasteiger partial charge in [-0.3, -0.25) is 14.4 Å². The van der Waals surface area contributed by atoms with Crippen molar-refractivity contribution in [2.75, 3.05) is 6.61 Å². The maximum absolute atomic E-state index is 12.9. The van der Waals surface area contributed by atoms with Gasteiger partial charge in [0.25, 0.3) is 11.8 Å². The van der Waals surface area contributed by atoms with E-state index in [4.69, 9.17) is 15.2 Å². The van der Waals surface area contributed by atoms with Crippen LogP contribution in [0.3, 0.4) is 0 Å². The van der Waals surface area contributed by atoms with E-state index in [9.17, 15) is 19.5 Å². The Balaban J connectivity index is 1.13. The van der Waals surface area contributed by atoms with Crippen molar-refractivity contribution in [1.29, 1.82) is 0 Å². The minimum absolute atomic E-state index is 0.0576. The molecule has 0 bridgehead atoms. The van der Waals surface area contributed by atoms with E-state index < -0.39 is 11.5 Å². The molecule has 5 rings (SSSR count). The molecular formula is C26H30N4O6. The van der Waals surface area contributed by atoms with Gasteiger partial charge in [0.1, 0.15) is 18.1 Å². The first-order chi connectivity index (χ1) is 17.0. The van der Waals surface area contributed by atoms with Gasteiger partial charge in [0.05, 0.1) is 47.2 Å². The zero-order valence-corrected chi connectivity index (χ0v) is 20.3. The number of nitrogens with two attached hydrogens (primary N) is 1. The van der Waals surface area contributed by atoms with Crippen LogP contribution in [-0.4, -0.2) is 56.7 Å². The molecule has 3 aliphatic carbocycles. The zero-order valence-electron chi connectivity index (χ0n) is 20.3. The van der Waals surface area contributed by atoms with Gasteiger partial charge >= 0.3 is 0 Å². The number of allylic oxidation sites excluding steroid dienone is 2. The normalized spacial score (nSPS) is 25.5. The summed E-state index contributed by atoms with van der Waals surface area (Å²) in [5, 5.41) is 17.2. The Bertz CT molecular complexity index is 1290. The number of hydrogen-bond acceptors (Lipinski definition) is 7. The van der Waals surface area contributed by atoms with Crippen LogP contribution in [0.1, 0.15) is 56.3 Å². The molecule has 190 valence electrons. The Morgan fingerprint density at radius 3 is 2.69 bits per heavy atom. The zero-order chi connectivity index (χ0) is 25.7. The van der Waals surface area contributed by atoms with Crippen LogP contribution in [0.2, 0.25) is 0 Å². The Morgan fingerprint density at radius 2 is 2.00 bits per heavy atom. The van der Waals surface area contributed by atoms with E-state index in [2.05, 4.69) is 10.4 Å². The molecule has 36 heavy (non-hydrogen) atoms. The Hall–Kier alpha value is -3.66. The Morgan fingerprint density at radius 1 is 1.25 bits per heavy atom. The molecule has 2 aromatic heterocycles. The third kappa shape index (κ3) is 4.86. The molecule has 2 amide bonds. The molecule has 0 radical (unpaired) electrons. The average Bonchev–Trinajstić information content (AvgIpc) is 3.17. The molecular weight excluding hydrogens is 464 g/mol. The summed E-state index contributed by atoms with van der Waals surface area (Å²) in [6.07, 6.45) is 9.34. The second-order valence-corrected chi connectivity index (χ2v) is 10.8. The monoisotopic (exact) mass is 494 g/mol. The summed E-state index contributed by atoms with van der Waals surface area (Å²) in [6.45, 7) is 3.47. The fourth-order valence-corrected chi connectivity index (χ4v) is 5.27. The van der Waals surface area contributed by atoms with Crippen molar-refractivity contribution in [3.05, 3.63) is 53.6 Å². The lowest BCUT2D eigenvalue weighted by molar-refractivity contribution is -0.121. The number of fused-ring (bicyclic) bond motifs is 1. The second-order valence-electron chi connectivity index (χ2n) is 10.8. The van der Waals surface area contributed by atoms with Gasteiger partial charge in [-0.25, -0.2) is 4.52 Å². The van der Waals surface area contributed by atoms with Gasteiger partial charge in [-0.1, -0.05) is 0 Å². The minimum atomic E-state index is -0.952. The van der Waals surface area contributed by atoms with Gasteiger partial charge in [-0.05, 0) is 69.2 Å². The van der Waals surface area contributed by atoms with Crippen molar-refractivity contribution in [1.82, 2.24) is 14.9 Å². The predicted octanol–water partition coefficient (Wildman–Crippen LogP) is 1.81. The second kappa shape index (κ2) is 8.77. The number of ketones is 1. The van der Waals surface area contributed by atoms with Crippen LogP contribution in [-0.2, 0) is 14.3 Å². The highest BCUT2D eigenvalue weighted by Gasteiger charge is 2.54. The summed E-state index contributed by atoms with van der Waals surface area (Å²) in [6, 6.07) is 3.60. The molecule has 1 spiro atoms. The number of pyridine rings is 1. The summed E-state index contributed by atoms with van der Waals surface area (Å²) >= 11 is 0. The van der Waals surface area contributed by atoms with E-state index in [0.717, 1.165) is 25.7 Å². The summed E-state index contributed by atoms with van der Waals surface area (Å²) in [7, 11) is 0. The predicted molar refractivity (Wildman–Crippen MR) is 129 cm³/mol. The molecule has 3 aliphatic rings. The SMILES string of the molecule is CC(C)(O)COc1ccc2c(C(=O)NC3CC4(C3)CC(OC3=C(C(N)=O)C=CC(=O)C3)C4)cnn2c1. The van der Waals surface area contributed by atoms with Crippen molar-refractivity contribution >= 4 is 23.1 Å². The molecule has 10 nitrogen and oxygen atoms in total. The van der Waals surface area contributed by atoms with Crippen LogP contribution in [0.15, 0.2) is 48.0 Å². The van der Waals surface area contributed by atoms with Gasteiger partial charge in [-0.2, -0.15) is 5.10 Å². The van der Waals surface area contributed by atoms with Gasteiger partial charge in [0, 0.05) is 6.04 Å². The van der Waals surface area contributed by atoms with Crippen molar-refractivity contribution < 1.29 is 29.0 Å². The number of carbonyl (C=O) groups excluding carboxylic acids is 3. The Kier molecular flexibility index (Phi) is 5.86. The minimum Gasteiger partial charge on any atom is -0.493 e. The van der Waals surface area contributed by atoms with Crippen LogP contribution < -0.4 is 15.8 Å². The van der Waals surface area contributed by atoms with E-state index in [1.807, 2.05) is 0 Å². The highest BCUT2D eigenvalue weighted by Crippen LogP contribution is 2.57. The highest BCUT2D eigenvalue weighted by atomic mass is 16.5. The third-order valence-corrected chi connectivity index (χ3v) is 6.99. The fraction of sp³-hybridized carbons (Fsp3) is 0.462. The molecule has 0 atom stereocenters. The van der Waals surface area contributed by atoms with Crippen molar-refractivity contribution in [2.24, 2.45) is 11.1 Å². The summed E-state index contributed by atoms with van der Waals surface area (Å²) < 4.78 is 13.1. The molecule has 2 aromatic rings. The number of amides is 2. The van der Waals surface area contributed by atoms with E-state index in [-0.39, 0.29) is 47.9 Å². The van der Waals surface area contributed by atoms with E-state index >= 15 is 0 Å². The number of rotatable bonds is 8. The molecule has 0 saturated heterocycles. The number of nitrogens with one attached hydrogen (secondary N) is 1. The van der Waals surface area contributed by atoms with Gasteiger partial charge < -0.3 is 25.6 Å². The average molecular weight is 495 g/mol. The first-order valence-electron chi connectivity index (χ1n) is 12.0. The number of nitrogens with zero attached hydrogens (tertiary/aromatic N) is 2. The van der Waals surface area contributed by atoms with Crippen LogP contribution >= 0.6 is 0 Å². The number of aliphatic hydroxyl groups is 1. The lowest BCUT2D eigenvalue weighted by Gasteiger charge is -2.57.